The van der Waals surface area contributed by atoms with Gasteiger partial charge in [-0.15, -0.1) is 0 Å². The molecule has 0 aliphatic heterocycles. The molecular formula is C24H39NO3S. The van der Waals surface area contributed by atoms with Crippen molar-refractivity contribution >= 4 is 15.7 Å². The second-order valence-electron chi connectivity index (χ2n) is 10.1. The summed E-state index contributed by atoms with van der Waals surface area (Å²) < 4.78 is 24.3. The number of carbonyl (C=O) groups excluding carboxylic acids is 1. The summed E-state index contributed by atoms with van der Waals surface area (Å²) in [5.74, 6) is 1.31. The Morgan fingerprint density at radius 2 is 1.69 bits per heavy atom. The van der Waals surface area contributed by atoms with E-state index in [0.29, 0.717) is 17.6 Å². The molecule has 1 aliphatic carbocycles. The van der Waals surface area contributed by atoms with Gasteiger partial charge in [-0.2, -0.15) is 0 Å². The van der Waals surface area contributed by atoms with Crippen LogP contribution >= 0.6 is 0 Å². The molecule has 1 aromatic rings. The topological polar surface area (TPSA) is 63.2 Å². The first-order chi connectivity index (χ1) is 13.4. The molecule has 1 aromatic carbocycles. The number of benzene rings is 1. The van der Waals surface area contributed by atoms with Crippen LogP contribution in [0.15, 0.2) is 18.2 Å². The summed E-state index contributed by atoms with van der Waals surface area (Å²) in [6, 6.07) is 6.14. The Morgan fingerprint density at radius 3 is 2.21 bits per heavy atom. The van der Waals surface area contributed by atoms with Crippen molar-refractivity contribution in [2.75, 3.05) is 5.75 Å². The van der Waals surface area contributed by atoms with Gasteiger partial charge in [0.1, 0.15) is 0 Å². The molecule has 0 bridgehead atoms. The third-order valence-corrected chi connectivity index (χ3v) is 8.98. The minimum atomic E-state index is -3.03. The fraction of sp³-hybridized carbons (Fsp3) is 0.708. The number of rotatable bonds is 7. The number of carbonyl (C=O) groups is 1. The summed E-state index contributed by atoms with van der Waals surface area (Å²) in [5, 5.41) is 2.94. The normalized spacial score (nSPS) is 20.7. The van der Waals surface area contributed by atoms with E-state index < -0.39 is 14.6 Å². The lowest BCUT2D eigenvalue weighted by atomic mass is 9.80. The van der Waals surface area contributed by atoms with E-state index in [0.717, 1.165) is 44.1 Å². The Hall–Kier alpha value is -1.36. The van der Waals surface area contributed by atoms with Crippen molar-refractivity contribution in [2.45, 2.75) is 90.9 Å². The third kappa shape index (κ3) is 6.84. The highest BCUT2D eigenvalue weighted by Gasteiger charge is 2.33. The van der Waals surface area contributed by atoms with Crippen molar-refractivity contribution in [1.82, 2.24) is 5.32 Å². The molecule has 29 heavy (non-hydrogen) atoms. The zero-order valence-electron chi connectivity index (χ0n) is 19.0. The molecular weight excluding hydrogens is 382 g/mol. The van der Waals surface area contributed by atoms with Crippen molar-refractivity contribution in [3.8, 4) is 0 Å². The van der Waals surface area contributed by atoms with Crippen molar-refractivity contribution in [3.05, 3.63) is 34.9 Å². The molecule has 2 rings (SSSR count). The van der Waals surface area contributed by atoms with Gasteiger partial charge < -0.3 is 5.32 Å². The standard InChI is InChI=1S/C24H39NO3S/c1-17(2)25-23(26)22-14-13-21(18(3)15-22)12-11-19-7-9-20(10-8-19)16-29(27,28)24(4,5)6/h13-15,17,19-20H,7-12,16H2,1-6H3,(H,25,26). The summed E-state index contributed by atoms with van der Waals surface area (Å²) in [6.07, 6.45) is 6.45. The van der Waals surface area contributed by atoms with Gasteiger partial charge in [-0.25, -0.2) is 8.42 Å². The smallest absolute Gasteiger partial charge is 0.251 e. The lowest BCUT2D eigenvalue weighted by Crippen LogP contribution is -2.34. The van der Waals surface area contributed by atoms with Crippen LogP contribution in [0.25, 0.3) is 0 Å². The largest absolute Gasteiger partial charge is 0.350 e. The van der Waals surface area contributed by atoms with Crippen LogP contribution in [-0.4, -0.2) is 30.9 Å². The number of aryl methyl sites for hydroxylation is 2. The zero-order chi connectivity index (χ0) is 21.8. The number of hydrogen-bond donors (Lipinski definition) is 1. The van der Waals surface area contributed by atoms with Crippen LogP contribution in [-0.2, 0) is 16.3 Å². The van der Waals surface area contributed by atoms with E-state index in [9.17, 15) is 13.2 Å². The van der Waals surface area contributed by atoms with Gasteiger partial charge in [-0.1, -0.05) is 18.9 Å². The monoisotopic (exact) mass is 421 g/mol. The number of amides is 1. The predicted octanol–water partition coefficient (Wildman–Crippen LogP) is 5.09. The predicted molar refractivity (Wildman–Crippen MR) is 121 cm³/mol. The Labute approximate surface area is 177 Å². The highest BCUT2D eigenvalue weighted by atomic mass is 32.2. The zero-order valence-corrected chi connectivity index (χ0v) is 19.9. The van der Waals surface area contributed by atoms with Crippen LogP contribution < -0.4 is 5.32 Å². The van der Waals surface area contributed by atoms with E-state index in [1.54, 1.807) is 20.8 Å². The molecule has 164 valence electrons. The van der Waals surface area contributed by atoms with E-state index in [4.69, 9.17) is 0 Å². The molecule has 0 radical (unpaired) electrons. The van der Waals surface area contributed by atoms with Gasteiger partial charge in [-0.05, 0) is 102 Å². The fourth-order valence-corrected chi connectivity index (χ4v) is 5.52. The SMILES string of the molecule is Cc1cc(C(=O)NC(C)C)ccc1CCC1CCC(CS(=O)(=O)C(C)(C)C)CC1. The highest BCUT2D eigenvalue weighted by Crippen LogP contribution is 2.34. The van der Waals surface area contributed by atoms with Gasteiger partial charge in [0.15, 0.2) is 9.84 Å². The average Bonchev–Trinajstić information content (AvgIpc) is 2.60. The molecule has 0 heterocycles. The summed E-state index contributed by atoms with van der Waals surface area (Å²) >= 11 is 0. The molecule has 0 unspecified atom stereocenters. The van der Waals surface area contributed by atoms with Crippen molar-refractivity contribution in [3.63, 3.8) is 0 Å². The second-order valence-corrected chi connectivity index (χ2v) is 12.9. The summed E-state index contributed by atoms with van der Waals surface area (Å²) in [6.45, 7) is 11.4. The van der Waals surface area contributed by atoms with Crippen LogP contribution in [0.3, 0.4) is 0 Å². The first kappa shape index (κ1) is 23.9. The van der Waals surface area contributed by atoms with Crippen LogP contribution in [0.2, 0.25) is 0 Å². The summed E-state index contributed by atoms with van der Waals surface area (Å²) in [4.78, 5) is 12.2. The molecule has 0 saturated heterocycles. The quantitative estimate of drug-likeness (QED) is 0.667. The lowest BCUT2D eigenvalue weighted by Gasteiger charge is -2.30. The molecule has 1 amide bonds. The summed E-state index contributed by atoms with van der Waals surface area (Å²) in [5.41, 5.74) is 3.20. The fourth-order valence-electron chi connectivity index (χ4n) is 4.07. The molecule has 0 aromatic heterocycles. The maximum absolute atomic E-state index is 12.5. The van der Waals surface area contributed by atoms with Crippen molar-refractivity contribution < 1.29 is 13.2 Å². The van der Waals surface area contributed by atoms with Gasteiger partial charge in [0.05, 0.1) is 10.5 Å². The number of hydrogen-bond acceptors (Lipinski definition) is 3. The van der Waals surface area contributed by atoms with Gasteiger partial charge in [0.25, 0.3) is 5.91 Å². The van der Waals surface area contributed by atoms with Crippen LogP contribution in [0.4, 0.5) is 0 Å². The van der Waals surface area contributed by atoms with E-state index in [-0.39, 0.29) is 11.9 Å². The average molecular weight is 422 g/mol. The van der Waals surface area contributed by atoms with Crippen molar-refractivity contribution in [1.29, 1.82) is 0 Å². The minimum absolute atomic E-state index is 0.0156. The molecule has 5 heteroatoms. The molecule has 1 saturated carbocycles. The Kier molecular flexibility index (Phi) is 7.94. The molecule has 1 N–H and O–H groups in total. The third-order valence-electron chi connectivity index (χ3n) is 6.20. The molecule has 0 spiro atoms. The molecule has 1 fully saturated rings. The van der Waals surface area contributed by atoms with E-state index in [2.05, 4.69) is 18.3 Å². The number of sulfone groups is 1. The summed E-state index contributed by atoms with van der Waals surface area (Å²) in [7, 11) is -3.03. The number of nitrogens with one attached hydrogen (secondary N) is 1. The van der Waals surface area contributed by atoms with E-state index in [1.165, 1.54) is 11.1 Å². The maximum atomic E-state index is 12.5. The minimum Gasteiger partial charge on any atom is -0.350 e. The molecule has 1 aliphatic rings. The van der Waals surface area contributed by atoms with Crippen LogP contribution in [0, 0.1) is 18.8 Å². The lowest BCUT2D eigenvalue weighted by molar-refractivity contribution is 0.0943. The Morgan fingerprint density at radius 1 is 1.10 bits per heavy atom. The Balaban J connectivity index is 1.84. The second kappa shape index (κ2) is 9.63. The van der Waals surface area contributed by atoms with Gasteiger partial charge in [0.2, 0.25) is 0 Å². The highest BCUT2D eigenvalue weighted by molar-refractivity contribution is 7.92. The van der Waals surface area contributed by atoms with Crippen molar-refractivity contribution in [2.24, 2.45) is 11.8 Å². The first-order valence-electron chi connectivity index (χ1n) is 11.0. The molecule has 0 atom stereocenters. The van der Waals surface area contributed by atoms with E-state index >= 15 is 0 Å². The van der Waals surface area contributed by atoms with Crippen LogP contribution in [0.1, 0.15) is 88.2 Å². The Bertz CT molecular complexity index is 798. The van der Waals surface area contributed by atoms with Gasteiger partial charge >= 0.3 is 0 Å². The molecule has 4 nitrogen and oxygen atoms in total. The van der Waals surface area contributed by atoms with Gasteiger partial charge in [0, 0.05) is 11.6 Å². The van der Waals surface area contributed by atoms with E-state index in [1.807, 2.05) is 26.0 Å². The maximum Gasteiger partial charge on any atom is 0.251 e. The van der Waals surface area contributed by atoms with Crippen LogP contribution in [0.5, 0.6) is 0 Å². The first-order valence-corrected chi connectivity index (χ1v) is 12.7. The van der Waals surface area contributed by atoms with Gasteiger partial charge in [-0.3, -0.25) is 4.79 Å².